The van der Waals surface area contributed by atoms with Crippen LogP contribution in [-0.2, 0) is 29.2 Å². The van der Waals surface area contributed by atoms with Crippen LogP contribution in [-0.4, -0.2) is 44.9 Å². The smallest absolute Gasteiger partial charge is 0.333 e. The first kappa shape index (κ1) is 20.1. The van der Waals surface area contributed by atoms with Crippen LogP contribution in [0.5, 0.6) is 0 Å². The van der Waals surface area contributed by atoms with Gasteiger partial charge in [-0.1, -0.05) is 30.3 Å². The van der Waals surface area contributed by atoms with E-state index in [1.54, 1.807) is 11.7 Å². The molecule has 1 aliphatic rings. The average Bonchev–Trinajstić information content (AvgIpc) is 3.49. The molecule has 30 heavy (non-hydrogen) atoms. The third kappa shape index (κ3) is 4.20. The Balaban J connectivity index is 1.77. The van der Waals surface area contributed by atoms with Gasteiger partial charge in [0.15, 0.2) is 11.2 Å². The zero-order valence-electron chi connectivity index (χ0n) is 16.9. The van der Waals surface area contributed by atoms with Gasteiger partial charge in [-0.3, -0.25) is 14.2 Å². The summed E-state index contributed by atoms with van der Waals surface area (Å²) in [6, 6.07) is 9.47. The molecule has 0 saturated heterocycles. The molecule has 0 atom stereocenters. The number of hydrogen-bond acceptors (Lipinski definition) is 5. The largest absolute Gasteiger partial charge is 0.383 e. The van der Waals surface area contributed by atoms with Gasteiger partial charge in [-0.15, -0.1) is 0 Å². The summed E-state index contributed by atoms with van der Waals surface area (Å²) in [6.07, 6.45) is 3.74. The molecule has 2 aromatic heterocycles. The van der Waals surface area contributed by atoms with E-state index in [0.717, 1.165) is 23.0 Å². The molecule has 9 nitrogen and oxygen atoms in total. The fourth-order valence-electron chi connectivity index (χ4n) is 3.43. The van der Waals surface area contributed by atoms with Crippen LogP contribution >= 0.6 is 0 Å². The van der Waals surface area contributed by atoms with Crippen molar-refractivity contribution in [2.45, 2.75) is 32.5 Å². The monoisotopic (exact) mass is 411 g/mol. The molecular weight excluding hydrogens is 386 g/mol. The predicted octanol–water partition coefficient (Wildman–Crippen LogP) is 0.581. The minimum atomic E-state index is -0.546. The van der Waals surface area contributed by atoms with E-state index in [9.17, 15) is 14.4 Å². The molecule has 1 aromatic carbocycles. The molecule has 1 amide bonds. The number of aromatic nitrogens is 4. The molecule has 1 aliphatic carbocycles. The maximum atomic E-state index is 13.2. The molecule has 0 bridgehead atoms. The predicted molar refractivity (Wildman–Crippen MR) is 111 cm³/mol. The Labute approximate surface area is 172 Å². The molecule has 1 saturated carbocycles. The molecule has 0 aliphatic heterocycles. The molecule has 4 rings (SSSR count). The van der Waals surface area contributed by atoms with Crippen LogP contribution in [0.2, 0.25) is 0 Å². The topological polar surface area (TPSA) is 100 Å². The highest BCUT2D eigenvalue weighted by Gasteiger charge is 2.23. The van der Waals surface area contributed by atoms with Gasteiger partial charge in [0, 0.05) is 20.2 Å². The fraction of sp³-hybridized carbons (Fsp3) is 0.429. The van der Waals surface area contributed by atoms with Gasteiger partial charge < -0.3 is 14.6 Å². The maximum Gasteiger partial charge on any atom is 0.333 e. The van der Waals surface area contributed by atoms with Crippen LogP contribution in [0.3, 0.4) is 0 Å². The van der Waals surface area contributed by atoms with Crippen LogP contribution in [0.15, 0.2) is 46.2 Å². The molecule has 0 radical (unpaired) electrons. The molecule has 0 spiro atoms. The van der Waals surface area contributed by atoms with Crippen molar-refractivity contribution in [1.82, 2.24) is 24.0 Å². The second-order valence-electron chi connectivity index (χ2n) is 7.60. The van der Waals surface area contributed by atoms with Gasteiger partial charge in [-0.2, -0.15) is 0 Å². The van der Waals surface area contributed by atoms with Crippen molar-refractivity contribution in [3.05, 3.63) is 63.1 Å². The number of carbonyl (C=O) groups is 1. The summed E-state index contributed by atoms with van der Waals surface area (Å²) in [5, 5.41) is 2.82. The summed E-state index contributed by atoms with van der Waals surface area (Å²) in [7, 11) is 1.58. The van der Waals surface area contributed by atoms with Crippen LogP contribution in [0.25, 0.3) is 11.2 Å². The highest BCUT2D eigenvalue weighted by molar-refractivity contribution is 5.76. The lowest BCUT2D eigenvalue weighted by Gasteiger charge is -2.13. The first-order chi connectivity index (χ1) is 14.6. The summed E-state index contributed by atoms with van der Waals surface area (Å²) >= 11 is 0. The van der Waals surface area contributed by atoms with Gasteiger partial charge in [0.05, 0.1) is 19.5 Å². The molecule has 1 N–H and O–H groups in total. The Morgan fingerprint density at radius 2 is 1.97 bits per heavy atom. The lowest BCUT2D eigenvalue weighted by molar-refractivity contribution is -0.121. The van der Waals surface area contributed by atoms with Crippen molar-refractivity contribution in [3.8, 4) is 0 Å². The van der Waals surface area contributed by atoms with E-state index in [1.165, 1.54) is 10.9 Å². The Bertz CT molecular complexity index is 1160. The van der Waals surface area contributed by atoms with E-state index in [1.807, 2.05) is 30.3 Å². The standard InChI is InChI=1S/C21H25N5O4/c1-30-10-9-24-14-23-19-18(24)20(28)26(13-17(27)22-11-15-7-8-15)21(29)25(19)12-16-5-3-2-4-6-16/h2-6,14-15H,7-13H2,1H3,(H,22,27). The molecule has 3 aromatic rings. The average molecular weight is 411 g/mol. The number of ether oxygens (including phenoxy) is 1. The van der Waals surface area contributed by atoms with E-state index in [4.69, 9.17) is 4.74 Å². The van der Waals surface area contributed by atoms with Crippen molar-refractivity contribution in [2.75, 3.05) is 20.3 Å². The zero-order chi connectivity index (χ0) is 21.1. The normalized spacial score (nSPS) is 13.6. The lowest BCUT2D eigenvalue weighted by atomic mass is 10.2. The van der Waals surface area contributed by atoms with Crippen molar-refractivity contribution < 1.29 is 9.53 Å². The van der Waals surface area contributed by atoms with Gasteiger partial charge in [-0.25, -0.2) is 14.3 Å². The van der Waals surface area contributed by atoms with Gasteiger partial charge in [0.1, 0.15) is 6.54 Å². The summed E-state index contributed by atoms with van der Waals surface area (Å²) in [6.45, 7) is 1.33. The Hall–Kier alpha value is -3.20. The Morgan fingerprint density at radius 3 is 2.67 bits per heavy atom. The summed E-state index contributed by atoms with van der Waals surface area (Å²) in [5.74, 6) is 0.174. The number of carbonyl (C=O) groups excluding carboxylic acids is 1. The van der Waals surface area contributed by atoms with E-state index in [-0.39, 0.29) is 24.5 Å². The highest BCUT2D eigenvalue weighted by atomic mass is 16.5. The lowest BCUT2D eigenvalue weighted by Crippen LogP contribution is -2.44. The number of nitrogens with one attached hydrogen (secondary N) is 1. The first-order valence-corrected chi connectivity index (χ1v) is 10.1. The van der Waals surface area contributed by atoms with Crippen LogP contribution in [0.4, 0.5) is 0 Å². The summed E-state index contributed by atoms with van der Waals surface area (Å²) in [5.41, 5.74) is 0.428. The fourth-order valence-corrected chi connectivity index (χ4v) is 3.43. The number of fused-ring (bicyclic) bond motifs is 1. The van der Waals surface area contributed by atoms with E-state index < -0.39 is 11.2 Å². The molecule has 158 valence electrons. The van der Waals surface area contributed by atoms with Crippen LogP contribution in [0, 0.1) is 5.92 Å². The highest BCUT2D eigenvalue weighted by Crippen LogP contribution is 2.27. The first-order valence-electron chi connectivity index (χ1n) is 10.1. The number of nitrogens with zero attached hydrogens (tertiary/aromatic N) is 4. The van der Waals surface area contributed by atoms with Gasteiger partial charge in [0.25, 0.3) is 5.56 Å². The van der Waals surface area contributed by atoms with Crippen molar-refractivity contribution in [2.24, 2.45) is 5.92 Å². The SMILES string of the molecule is COCCn1cnc2c1c(=O)n(CC(=O)NCC1CC1)c(=O)n2Cc1ccccc1. The Kier molecular flexibility index (Phi) is 5.80. The summed E-state index contributed by atoms with van der Waals surface area (Å²) in [4.78, 5) is 43.1. The van der Waals surface area contributed by atoms with E-state index >= 15 is 0 Å². The number of methoxy groups -OCH3 is 1. The molecular formula is C21H25N5O4. The number of benzene rings is 1. The second-order valence-corrected chi connectivity index (χ2v) is 7.60. The third-order valence-corrected chi connectivity index (χ3v) is 5.29. The molecule has 2 heterocycles. The van der Waals surface area contributed by atoms with Crippen LogP contribution < -0.4 is 16.6 Å². The Morgan fingerprint density at radius 1 is 1.20 bits per heavy atom. The van der Waals surface area contributed by atoms with Crippen molar-refractivity contribution in [1.29, 1.82) is 0 Å². The third-order valence-electron chi connectivity index (χ3n) is 5.29. The number of amides is 1. The van der Waals surface area contributed by atoms with Gasteiger partial charge in [-0.05, 0) is 24.3 Å². The molecule has 1 fully saturated rings. The van der Waals surface area contributed by atoms with Crippen molar-refractivity contribution in [3.63, 3.8) is 0 Å². The van der Waals surface area contributed by atoms with E-state index in [0.29, 0.717) is 31.3 Å². The minimum absolute atomic E-state index is 0.251. The number of rotatable bonds is 9. The van der Waals surface area contributed by atoms with Gasteiger partial charge in [0.2, 0.25) is 5.91 Å². The maximum absolute atomic E-state index is 13.2. The van der Waals surface area contributed by atoms with E-state index in [2.05, 4.69) is 10.3 Å². The molecule has 9 heteroatoms. The van der Waals surface area contributed by atoms with Crippen molar-refractivity contribution >= 4 is 17.1 Å². The number of hydrogen-bond donors (Lipinski definition) is 1. The van der Waals surface area contributed by atoms with Crippen LogP contribution in [0.1, 0.15) is 18.4 Å². The van der Waals surface area contributed by atoms with Gasteiger partial charge >= 0.3 is 5.69 Å². The number of imidazole rings is 1. The minimum Gasteiger partial charge on any atom is -0.383 e. The summed E-state index contributed by atoms with van der Waals surface area (Å²) < 4.78 is 9.23. The quantitative estimate of drug-likeness (QED) is 0.555. The second kappa shape index (κ2) is 8.66. The zero-order valence-corrected chi connectivity index (χ0v) is 16.9. The molecule has 0 unspecified atom stereocenters.